The average Bonchev–Trinajstić information content (AvgIpc) is 2.38. The van der Waals surface area contributed by atoms with Crippen LogP contribution in [0.2, 0.25) is 0 Å². The van der Waals surface area contributed by atoms with Crippen LogP contribution in [0.3, 0.4) is 0 Å². The van der Waals surface area contributed by atoms with Crippen LogP contribution >= 0.6 is 0 Å². The second-order valence-corrected chi connectivity index (χ2v) is 5.32. The maximum absolute atomic E-state index is 12.4. The number of benzene rings is 1. The minimum Gasteiger partial charge on any atom is -0.381 e. The molecule has 4 N–H and O–H groups in total. The number of hydrazine groups is 1. The normalized spacial score (nSPS) is 17.8. The molecule has 19 heavy (non-hydrogen) atoms. The minimum absolute atomic E-state index is 0.0997. The Kier molecular flexibility index (Phi) is 4.07. The molecular weight excluding hydrogens is 242 g/mol. The van der Waals surface area contributed by atoms with E-state index in [0.29, 0.717) is 24.5 Å². The van der Waals surface area contributed by atoms with Crippen LogP contribution in [0.1, 0.15) is 35.7 Å². The summed E-state index contributed by atoms with van der Waals surface area (Å²) < 4.78 is 5.33. The van der Waals surface area contributed by atoms with Crippen LogP contribution in [0.15, 0.2) is 18.2 Å². The van der Waals surface area contributed by atoms with Gasteiger partial charge in [-0.3, -0.25) is 10.6 Å². The molecule has 0 bridgehead atoms. The summed E-state index contributed by atoms with van der Waals surface area (Å²) in [6.45, 7) is 5.39. The lowest BCUT2D eigenvalue weighted by molar-refractivity contribution is 0.0423. The fraction of sp³-hybridized carbons (Fsp3) is 0.500. The number of nitrogens with two attached hydrogens (primary N) is 1. The molecule has 1 heterocycles. The van der Waals surface area contributed by atoms with Crippen LogP contribution in [0.4, 0.5) is 5.69 Å². The zero-order valence-electron chi connectivity index (χ0n) is 11.5. The van der Waals surface area contributed by atoms with Crippen LogP contribution in [-0.4, -0.2) is 24.7 Å². The lowest BCUT2D eigenvalue weighted by Gasteiger charge is -2.34. The Morgan fingerprint density at radius 3 is 2.68 bits per heavy atom. The summed E-state index contributed by atoms with van der Waals surface area (Å²) in [5.74, 6) is 5.37. The highest BCUT2D eigenvalue weighted by atomic mass is 16.5. The summed E-state index contributed by atoms with van der Waals surface area (Å²) in [5, 5.41) is 3.09. The first-order valence-corrected chi connectivity index (χ1v) is 6.52. The predicted molar refractivity (Wildman–Crippen MR) is 74.9 cm³/mol. The number of hydrogen-bond donors (Lipinski definition) is 3. The van der Waals surface area contributed by atoms with E-state index in [0.717, 1.165) is 18.4 Å². The maximum Gasteiger partial charge on any atom is 0.253 e. The second kappa shape index (κ2) is 5.59. The monoisotopic (exact) mass is 263 g/mol. The van der Waals surface area contributed by atoms with Crippen molar-refractivity contribution < 1.29 is 9.53 Å². The van der Waals surface area contributed by atoms with Crippen molar-refractivity contribution in [3.8, 4) is 0 Å². The van der Waals surface area contributed by atoms with E-state index in [1.54, 1.807) is 6.07 Å². The van der Waals surface area contributed by atoms with E-state index in [2.05, 4.69) is 17.7 Å². The summed E-state index contributed by atoms with van der Waals surface area (Å²) in [6.07, 6.45) is 1.66. The molecule has 1 aromatic rings. The highest BCUT2D eigenvalue weighted by Crippen LogP contribution is 2.22. The zero-order valence-corrected chi connectivity index (χ0v) is 11.5. The Balaban J connectivity index is 2.15. The molecule has 0 aromatic heterocycles. The van der Waals surface area contributed by atoms with E-state index in [1.807, 2.05) is 19.1 Å². The van der Waals surface area contributed by atoms with Crippen molar-refractivity contribution in [3.63, 3.8) is 0 Å². The molecule has 0 saturated carbocycles. The highest BCUT2D eigenvalue weighted by molar-refractivity contribution is 6.00. The number of aryl methyl sites for hydroxylation is 1. The lowest BCUT2D eigenvalue weighted by atomic mass is 9.92. The number of carbonyl (C=O) groups is 1. The van der Waals surface area contributed by atoms with Gasteiger partial charge in [0, 0.05) is 18.8 Å². The summed E-state index contributed by atoms with van der Waals surface area (Å²) >= 11 is 0. The molecule has 0 aliphatic carbocycles. The van der Waals surface area contributed by atoms with E-state index in [-0.39, 0.29) is 11.4 Å². The van der Waals surface area contributed by atoms with Crippen LogP contribution in [0.5, 0.6) is 0 Å². The van der Waals surface area contributed by atoms with E-state index in [1.165, 1.54) is 0 Å². The number of anilines is 1. The topological polar surface area (TPSA) is 76.4 Å². The third kappa shape index (κ3) is 3.24. The molecule has 0 unspecified atom stereocenters. The first-order valence-electron chi connectivity index (χ1n) is 6.52. The minimum atomic E-state index is -0.202. The quantitative estimate of drug-likeness (QED) is 0.571. The molecule has 1 aliphatic rings. The Hall–Kier alpha value is -1.59. The third-order valence-corrected chi connectivity index (χ3v) is 3.59. The first-order chi connectivity index (χ1) is 9.04. The molecule has 1 aliphatic heterocycles. The van der Waals surface area contributed by atoms with E-state index in [9.17, 15) is 4.79 Å². The van der Waals surface area contributed by atoms with Gasteiger partial charge in [0.25, 0.3) is 5.91 Å². The summed E-state index contributed by atoms with van der Waals surface area (Å²) in [4.78, 5) is 12.4. The Bertz CT molecular complexity index is 468. The van der Waals surface area contributed by atoms with Gasteiger partial charge in [0.1, 0.15) is 0 Å². The van der Waals surface area contributed by atoms with Gasteiger partial charge in [0.15, 0.2) is 0 Å². The number of hydrogen-bond acceptors (Lipinski definition) is 4. The van der Waals surface area contributed by atoms with Crippen molar-refractivity contribution in [2.24, 2.45) is 5.84 Å². The average molecular weight is 263 g/mol. The molecule has 0 atom stereocenters. The number of nitrogens with one attached hydrogen (secondary N) is 2. The van der Waals surface area contributed by atoms with Gasteiger partial charge in [-0.05, 0) is 44.4 Å². The van der Waals surface area contributed by atoms with E-state index < -0.39 is 0 Å². The molecule has 1 aromatic carbocycles. The van der Waals surface area contributed by atoms with E-state index in [4.69, 9.17) is 10.6 Å². The predicted octanol–water partition coefficient (Wildman–Crippen LogP) is 1.58. The lowest BCUT2D eigenvalue weighted by Crippen LogP contribution is -2.49. The highest BCUT2D eigenvalue weighted by Gasteiger charge is 2.29. The van der Waals surface area contributed by atoms with Crippen LogP contribution in [-0.2, 0) is 4.74 Å². The molecule has 104 valence electrons. The molecular formula is C14H21N3O2. The van der Waals surface area contributed by atoms with Crippen molar-refractivity contribution >= 4 is 11.6 Å². The number of carbonyl (C=O) groups excluding carboxylic acids is 1. The van der Waals surface area contributed by atoms with Gasteiger partial charge in [-0.15, -0.1) is 0 Å². The fourth-order valence-electron chi connectivity index (χ4n) is 2.26. The number of ether oxygens (including phenoxy) is 1. The Morgan fingerprint density at radius 2 is 2.05 bits per heavy atom. The maximum atomic E-state index is 12.4. The number of rotatable bonds is 3. The molecule has 1 fully saturated rings. The van der Waals surface area contributed by atoms with Crippen molar-refractivity contribution in [2.45, 2.75) is 32.2 Å². The fourth-order valence-corrected chi connectivity index (χ4v) is 2.26. The zero-order chi connectivity index (χ0) is 13.9. The van der Waals surface area contributed by atoms with E-state index >= 15 is 0 Å². The van der Waals surface area contributed by atoms with Crippen molar-refractivity contribution in [3.05, 3.63) is 29.3 Å². The smallest absolute Gasteiger partial charge is 0.253 e. The van der Waals surface area contributed by atoms with Gasteiger partial charge < -0.3 is 15.5 Å². The molecule has 0 radical (unpaired) electrons. The summed E-state index contributed by atoms with van der Waals surface area (Å²) in [6, 6.07) is 5.56. The molecule has 0 spiro atoms. The van der Waals surface area contributed by atoms with Crippen molar-refractivity contribution in [1.29, 1.82) is 0 Å². The second-order valence-electron chi connectivity index (χ2n) is 5.32. The van der Waals surface area contributed by atoms with Crippen molar-refractivity contribution in [2.75, 3.05) is 18.6 Å². The first kappa shape index (κ1) is 13.8. The van der Waals surface area contributed by atoms with Gasteiger partial charge >= 0.3 is 0 Å². The SMILES string of the molecule is Cc1ccc(C(=O)NC2(C)CCOCC2)c(NN)c1. The molecule has 1 amide bonds. The van der Waals surface area contributed by atoms with Gasteiger partial charge in [0.05, 0.1) is 11.3 Å². The van der Waals surface area contributed by atoms with Gasteiger partial charge in [-0.2, -0.15) is 0 Å². The standard InChI is InChI=1S/C14H21N3O2/c1-10-3-4-11(12(9-10)17-15)13(18)16-14(2)5-7-19-8-6-14/h3-4,9,17H,5-8,15H2,1-2H3,(H,16,18). The largest absolute Gasteiger partial charge is 0.381 e. The molecule has 5 heteroatoms. The number of amides is 1. The molecule has 2 rings (SSSR count). The summed E-state index contributed by atoms with van der Waals surface area (Å²) in [5.41, 5.74) is 4.65. The molecule has 5 nitrogen and oxygen atoms in total. The van der Waals surface area contributed by atoms with Gasteiger partial charge in [0.2, 0.25) is 0 Å². The van der Waals surface area contributed by atoms with Crippen LogP contribution in [0.25, 0.3) is 0 Å². The Labute approximate surface area is 113 Å². The third-order valence-electron chi connectivity index (χ3n) is 3.59. The van der Waals surface area contributed by atoms with Crippen LogP contribution in [0, 0.1) is 6.92 Å². The van der Waals surface area contributed by atoms with Crippen LogP contribution < -0.4 is 16.6 Å². The van der Waals surface area contributed by atoms with Crippen molar-refractivity contribution in [1.82, 2.24) is 5.32 Å². The van der Waals surface area contributed by atoms with Gasteiger partial charge in [-0.1, -0.05) is 6.07 Å². The van der Waals surface area contributed by atoms with Gasteiger partial charge in [-0.25, -0.2) is 0 Å². The summed E-state index contributed by atoms with van der Waals surface area (Å²) in [7, 11) is 0. The molecule has 1 saturated heterocycles. The Morgan fingerprint density at radius 1 is 1.37 bits per heavy atom. The number of nitrogen functional groups attached to an aromatic ring is 1.